The predicted octanol–water partition coefficient (Wildman–Crippen LogP) is 2.37. The summed E-state index contributed by atoms with van der Waals surface area (Å²) in [5.74, 6) is -0.972. The first-order valence-electron chi connectivity index (χ1n) is 4.58. The van der Waals surface area contributed by atoms with Gasteiger partial charge >= 0.3 is 5.97 Å². The van der Waals surface area contributed by atoms with E-state index in [1.807, 2.05) is 6.07 Å². The normalized spacial score (nSPS) is 11.4. The summed E-state index contributed by atoms with van der Waals surface area (Å²) in [5, 5.41) is 8.75. The summed E-state index contributed by atoms with van der Waals surface area (Å²) in [5.41, 5.74) is 1.08. The van der Waals surface area contributed by atoms with E-state index in [2.05, 4.69) is 25.8 Å². The Hall–Kier alpha value is -1.38. The second-order valence-electron chi connectivity index (χ2n) is 4.56. The van der Waals surface area contributed by atoms with Gasteiger partial charge in [0.1, 0.15) is 5.69 Å². The van der Waals surface area contributed by atoms with E-state index >= 15 is 0 Å². The number of carboxylic acids is 1. The maximum atomic E-state index is 10.7. The molecule has 3 nitrogen and oxygen atoms in total. The van der Waals surface area contributed by atoms with Crippen molar-refractivity contribution < 1.29 is 9.90 Å². The minimum absolute atomic E-state index is 0.117. The Kier molecular flexibility index (Phi) is 2.89. The molecular formula is C11H15NO2. The van der Waals surface area contributed by atoms with Crippen molar-refractivity contribution in [2.75, 3.05) is 0 Å². The van der Waals surface area contributed by atoms with Crippen LogP contribution in [0.5, 0.6) is 0 Å². The van der Waals surface area contributed by atoms with Gasteiger partial charge in [0.15, 0.2) is 0 Å². The molecule has 1 N–H and O–H groups in total. The molecule has 0 saturated carbocycles. The summed E-state index contributed by atoms with van der Waals surface area (Å²) < 4.78 is 0. The average Bonchev–Trinajstić information content (AvgIpc) is 2.01. The van der Waals surface area contributed by atoms with Gasteiger partial charge in [0.05, 0.1) is 0 Å². The van der Waals surface area contributed by atoms with Crippen LogP contribution in [0.1, 0.15) is 37.0 Å². The van der Waals surface area contributed by atoms with Crippen LogP contribution < -0.4 is 0 Å². The van der Waals surface area contributed by atoms with Crippen LogP contribution in [0.4, 0.5) is 0 Å². The highest BCUT2D eigenvalue weighted by Gasteiger charge is 2.13. The lowest BCUT2D eigenvalue weighted by Gasteiger charge is -2.17. The van der Waals surface area contributed by atoms with Crippen LogP contribution in [-0.4, -0.2) is 16.1 Å². The number of aromatic carboxylic acids is 1. The zero-order chi connectivity index (χ0) is 10.8. The Labute approximate surface area is 83.8 Å². The van der Waals surface area contributed by atoms with E-state index in [4.69, 9.17) is 5.11 Å². The number of rotatable bonds is 2. The number of pyridine rings is 1. The molecule has 0 fully saturated rings. The van der Waals surface area contributed by atoms with Gasteiger partial charge in [-0.15, -0.1) is 0 Å². The van der Waals surface area contributed by atoms with Crippen molar-refractivity contribution >= 4 is 5.97 Å². The third-order valence-electron chi connectivity index (χ3n) is 1.74. The van der Waals surface area contributed by atoms with Gasteiger partial charge in [-0.1, -0.05) is 26.8 Å². The maximum absolute atomic E-state index is 10.7. The number of carbonyl (C=O) groups is 1. The maximum Gasteiger partial charge on any atom is 0.354 e. The topological polar surface area (TPSA) is 50.2 Å². The lowest BCUT2D eigenvalue weighted by molar-refractivity contribution is 0.0690. The molecule has 1 aromatic rings. The van der Waals surface area contributed by atoms with Crippen LogP contribution in [-0.2, 0) is 6.42 Å². The third-order valence-corrected chi connectivity index (χ3v) is 1.74. The van der Waals surface area contributed by atoms with Crippen LogP contribution in [0.3, 0.4) is 0 Å². The smallest absolute Gasteiger partial charge is 0.354 e. The molecule has 0 saturated heterocycles. The van der Waals surface area contributed by atoms with E-state index in [0.29, 0.717) is 0 Å². The summed E-state index contributed by atoms with van der Waals surface area (Å²) in [6.45, 7) is 6.30. The molecule has 1 rings (SSSR count). The largest absolute Gasteiger partial charge is 0.477 e. The van der Waals surface area contributed by atoms with E-state index in [1.54, 1.807) is 6.07 Å². The van der Waals surface area contributed by atoms with Gasteiger partial charge in [0, 0.05) is 5.69 Å². The van der Waals surface area contributed by atoms with Crippen LogP contribution >= 0.6 is 0 Å². The van der Waals surface area contributed by atoms with Gasteiger partial charge in [0.2, 0.25) is 0 Å². The molecule has 0 radical (unpaired) electrons. The SMILES string of the molecule is CC(C)(C)Cc1cccc(C(=O)O)n1. The first-order valence-corrected chi connectivity index (χ1v) is 4.58. The number of nitrogens with zero attached hydrogens (tertiary/aromatic N) is 1. The van der Waals surface area contributed by atoms with Crippen LogP contribution in [0.2, 0.25) is 0 Å². The molecule has 3 heteroatoms. The first-order chi connectivity index (χ1) is 6.38. The minimum Gasteiger partial charge on any atom is -0.477 e. The molecule has 1 aromatic heterocycles. The molecular weight excluding hydrogens is 178 g/mol. The quantitative estimate of drug-likeness (QED) is 0.784. The molecule has 0 aliphatic heterocycles. The number of aromatic nitrogens is 1. The average molecular weight is 193 g/mol. The van der Waals surface area contributed by atoms with Gasteiger partial charge in [0.25, 0.3) is 0 Å². The number of hydrogen-bond donors (Lipinski definition) is 1. The summed E-state index contributed by atoms with van der Waals surface area (Å²) in [6.07, 6.45) is 0.786. The van der Waals surface area contributed by atoms with E-state index < -0.39 is 5.97 Å². The van der Waals surface area contributed by atoms with Crippen molar-refractivity contribution in [2.45, 2.75) is 27.2 Å². The van der Waals surface area contributed by atoms with Crippen molar-refractivity contribution in [1.29, 1.82) is 0 Å². The lowest BCUT2D eigenvalue weighted by Crippen LogP contribution is -2.12. The van der Waals surface area contributed by atoms with Gasteiger partial charge in [-0.25, -0.2) is 9.78 Å². The zero-order valence-electron chi connectivity index (χ0n) is 8.74. The second-order valence-corrected chi connectivity index (χ2v) is 4.56. The molecule has 0 aromatic carbocycles. The highest BCUT2D eigenvalue weighted by Crippen LogP contribution is 2.19. The number of carboxylic acid groups (broad SMARTS) is 1. The van der Waals surface area contributed by atoms with E-state index in [0.717, 1.165) is 12.1 Å². The zero-order valence-corrected chi connectivity index (χ0v) is 8.74. The summed E-state index contributed by atoms with van der Waals surface area (Å²) in [6, 6.07) is 5.10. The van der Waals surface area contributed by atoms with Gasteiger partial charge in [-0.05, 0) is 24.0 Å². The highest BCUT2D eigenvalue weighted by atomic mass is 16.4. The van der Waals surface area contributed by atoms with Crippen LogP contribution in [0.25, 0.3) is 0 Å². The fraction of sp³-hybridized carbons (Fsp3) is 0.455. The van der Waals surface area contributed by atoms with E-state index in [-0.39, 0.29) is 11.1 Å². The molecule has 0 amide bonds. The van der Waals surface area contributed by atoms with Crippen molar-refractivity contribution in [3.63, 3.8) is 0 Å². The monoisotopic (exact) mass is 193 g/mol. The summed E-state index contributed by atoms with van der Waals surface area (Å²) in [7, 11) is 0. The standard InChI is InChI=1S/C11H15NO2/c1-11(2,3)7-8-5-4-6-9(12-8)10(13)14/h4-6H,7H2,1-3H3,(H,13,14). The predicted molar refractivity (Wildman–Crippen MR) is 54.4 cm³/mol. The molecule has 76 valence electrons. The van der Waals surface area contributed by atoms with Crippen molar-refractivity contribution in [3.8, 4) is 0 Å². The highest BCUT2D eigenvalue weighted by molar-refractivity contribution is 5.85. The molecule has 0 spiro atoms. The molecule has 0 atom stereocenters. The lowest BCUT2D eigenvalue weighted by atomic mass is 9.90. The summed E-state index contributed by atoms with van der Waals surface area (Å²) in [4.78, 5) is 14.7. The van der Waals surface area contributed by atoms with Crippen molar-refractivity contribution in [1.82, 2.24) is 4.98 Å². The Bertz CT molecular complexity index is 339. The molecule has 14 heavy (non-hydrogen) atoms. The number of hydrogen-bond acceptors (Lipinski definition) is 2. The summed E-state index contributed by atoms with van der Waals surface area (Å²) >= 11 is 0. The fourth-order valence-electron chi connectivity index (χ4n) is 1.24. The van der Waals surface area contributed by atoms with Gasteiger partial charge in [-0.2, -0.15) is 0 Å². The van der Waals surface area contributed by atoms with Crippen molar-refractivity contribution in [3.05, 3.63) is 29.6 Å². The first kappa shape index (κ1) is 10.7. The van der Waals surface area contributed by atoms with Gasteiger partial charge < -0.3 is 5.11 Å². The van der Waals surface area contributed by atoms with E-state index in [1.165, 1.54) is 6.07 Å². The molecule has 0 aliphatic rings. The molecule has 0 bridgehead atoms. The van der Waals surface area contributed by atoms with E-state index in [9.17, 15) is 4.79 Å². The minimum atomic E-state index is -0.972. The molecule has 1 heterocycles. The second kappa shape index (κ2) is 3.78. The molecule has 0 unspecified atom stereocenters. The Morgan fingerprint density at radius 3 is 2.57 bits per heavy atom. The third kappa shape index (κ3) is 3.17. The Morgan fingerprint density at radius 1 is 1.43 bits per heavy atom. The van der Waals surface area contributed by atoms with Crippen LogP contribution in [0, 0.1) is 5.41 Å². The van der Waals surface area contributed by atoms with Crippen LogP contribution in [0.15, 0.2) is 18.2 Å². The van der Waals surface area contributed by atoms with Gasteiger partial charge in [-0.3, -0.25) is 0 Å². The fourth-order valence-corrected chi connectivity index (χ4v) is 1.24. The Morgan fingerprint density at radius 2 is 2.07 bits per heavy atom. The Balaban J connectivity index is 2.89. The molecule has 0 aliphatic carbocycles. The van der Waals surface area contributed by atoms with Crippen molar-refractivity contribution in [2.24, 2.45) is 5.41 Å².